The molecule has 1 amide bonds. The van der Waals surface area contributed by atoms with Gasteiger partial charge in [0.15, 0.2) is 0 Å². The summed E-state index contributed by atoms with van der Waals surface area (Å²) in [6, 6.07) is 19.9. The van der Waals surface area contributed by atoms with Crippen LogP contribution in [-0.4, -0.2) is 32.5 Å². The highest BCUT2D eigenvalue weighted by Crippen LogP contribution is 2.29. The molecule has 132 valence electrons. The van der Waals surface area contributed by atoms with Crippen LogP contribution in [0.2, 0.25) is 0 Å². The number of aromatic amines is 1. The molecule has 0 bridgehead atoms. The van der Waals surface area contributed by atoms with Gasteiger partial charge in [0.25, 0.3) is 5.91 Å². The first-order valence-corrected chi connectivity index (χ1v) is 9.06. The summed E-state index contributed by atoms with van der Waals surface area (Å²) in [4.78, 5) is 19.5. The van der Waals surface area contributed by atoms with Gasteiger partial charge in [0, 0.05) is 41.4 Å². The van der Waals surface area contributed by atoms with E-state index in [1.807, 2.05) is 65.6 Å². The largest absolute Gasteiger partial charge is 0.332 e. The standard InChI is InChI=1S/C22H18N4O/c27-22(21-17-9-5-4-6-15(17)10-12-23-21)26-13-11-19-18(14-26)20(25-24-19)16-7-2-1-3-8-16/h1-10,12H,11,13-14H2,(H,24,25). The summed E-state index contributed by atoms with van der Waals surface area (Å²) in [5.41, 5.74) is 4.72. The lowest BCUT2D eigenvalue weighted by Gasteiger charge is -2.27. The molecule has 3 heterocycles. The van der Waals surface area contributed by atoms with E-state index in [4.69, 9.17) is 0 Å². The molecule has 0 saturated heterocycles. The topological polar surface area (TPSA) is 61.9 Å². The predicted octanol–water partition coefficient (Wildman–Crippen LogP) is 3.82. The summed E-state index contributed by atoms with van der Waals surface area (Å²) < 4.78 is 0. The number of H-pyrrole nitrogens is 1. The summed E-state index contributed by atoms with van der Waals surface area (Å²) in [6.45, 7) is 1.20. The van der Waals surface area contributed by atoms with Gasteiger partial charge in [-0.1, -0.05) is 54.6 Å². The van der Waals surface area contributed by atoms with Gasteiger partial charge in [-0.3, -0.25) is 14.9 Å². The Bertz CT molecular complexity index is 1130. The number of carbonyl (C=O) groups excluding carboxylic acids is 1. The van der Waals surface area contributed by atoms with Crippen molar-refractivity contribution in [1.82, 2.24) is 20.1 Å². The Balaban J connectivity index is 1.50. The average Bonchev–Trinajstić information content (AvgIpc) is 3.17. The molecule has 5 nitrogen and oxygen atoms in total. The fourth-order valence-corrected chi connectivity index (χ4v) is 3.74. The van der Waals surface area contributed by atoms with Crippen molar-refractivity contribution in [3.63, 3.8) is 0 Å². The van der Waals surface area contributed by atoms with E-state index in [1.54, 1.807) is 6.20 Å². The van der Waals surface area contributed by atoms with Gasteiger partial charge in [-0.05, 0) is 11.5 Å². The van der Waals surface area contributed by atoms with Crippen LogP contribution in [0, 0.1) is 0 Å². The molecule has 1 N–H and O–H groups in total. The van der Waals surface area contributed by atoms with Gasteiger partial charge >= 0.3 is 0 Å². The first-order valence-electron chi connectivity index (χ1n) is 9.06. The molecule has 1 aliphatic rings. The van der Waals surface area contributed by atoms with Crippen molar-refractivity contribution in [2.24, 2.45) is 0 Å². The van der Waals surface area contributed by atoms with Crippen molar-refractivity contribution >= 4 is 16.7 Å². The fraction of sp³-hybridized carbons (Fsp3) is 0.136. The number of nitrogens with zero attached hydrogens (tertiary/aromatic N) is 3. The number of carbonyl (C=O) groups is 1. The Kier molecular flexibility index (Phi) is 3.71. The average molecular weight is 354 g/mol. The molecule has 2 aromatic heterocycles. The SMILES string of the molecule is O=C(c1nccc2ccccc12)N1CCc2[nH]nc(-c3ccccc3)c2C1. The zero-order valence-corrected chi connectivity index (χ0v) is 14.7. The minimum atomic E-state index is -0.0299. The van der Waals surface area contributed by atoms with Crippen LogP contribution in [0.1, 0.15) is 21.7 Å². The van der Waals surface area contributed by atoms with Crippen molar-refractivity contribution < 1.29 is 4.79 Å². The Morgan fingerprint density at radius 2 is 1.81 bits per heavy atom. The highest BCUT2D eigenvalue weighted by atomic mass is 16.2. The van der Waals surface area contributed by atoms with E-state index in [9.17, 15) is 4.79 Å². The van der Waals surface area contributed by atoms with E-state index in [2.05, 4.69) is 15.2 Å². The summed E-state index contributed by atoms with van der Waals surface area (Å²) in [7, 11) is 0. The number of nitrogens with one attached hydrogen (secondary N) is 1. The maximum atomic E-state index is 13.2. The second-order valence-electron chi connectivity index (χ2n) is 6.75. The molecule has 5 rings (SSSR count). The van der Waals surface area contributed by atoms with E-state index >= 15 is 0 Å². The molecule has 0 spiro atoms. The van der Waals surface area contributed by atoms with Crippen LogP contribution in [0.3, 0.4) is 0 Å². The Morgan fingerprint density at radius 1 is 1.00 bits per heavy atom. The van der Waals surface area contributed by atoms with Crippen LogP contribution in [0.15, 0.2) is 66.9 Å². The smallest absolute Gasteiger partial charge is 0.273 e. The van der Waals surface area contributed by atoms with Crippen LogP contribution >= 0.6 is 0 Å². The molecular formula is C22H18N4O. The molecule has 0 atom stereocenters. The number of rotatable bonds is 2. The molecule has 2 aromatic carbocycles. The van der Waals surface area contributed by atoms with Gasteiger partial charge in [0.1, 0.15) is 5.69 Å². The zero-order chi connectivity index (χ0) is 18.2. The third-order valence-electron chi connectivity index (χ3n) is 5.14. The lowest BCUT2D eigenvalue weighted by Crippen LogP contribution is -2.36. The lowest BCUT2D eigenvalue weighted by atomic mass is 10.0. The Labute approximate surface area is 156 Å². The van der Waals surface area contributed by atoms with E-state index in [-0.39, 0.29) is 5.91 Å². The molecule has 0 unspecified atom stereocenters. The molecule has 27 heavy (non-hydrogen) atoms. The first kappa shape index (κ1) is 15.8. The van der Waals surface area contributed by atoms with Gasteiger partial charge in [-0.25, -0.2) is 0 Å². The van der Waals surface area contributed by atoms with Gasteiger partial charge < -0.3 is 4.90 Å². The van der Waals surface area contributed by atoms with Crippen LogP contribution in [0.5, 0.6) is 0 Å². The van der Waals surface area contributed by atoms with E-state index in [0.29, 0.717) is 18.8 Å². The van der Waals surface area contributed by atoms with Crippen LogP contribution in [0.4, 0.5) is 0 Å². The highest BCUT2D eigenvalue weighted by molar-refractivity contribution is 6.05. The second-order valence-corrected chi connectivity index (χ2v) is 6.75. The molecule has 4 aromatic rings. The maximum absolute atomic E-state index is 13.2. The minimum Gasteiger partial charge on any atom is -0.332 e. The third-order valence-corrected chi connectivity index (χ3v) is 5.14. The monoisotopic (exact) mass is 354 g/mol. The van der Waals surface area contributed by atoms with Crippen LogP contribution in [-0.2, 0) is 13.0 Å². The normalized spacial score (nSPS) is 13.6. The molecule has 0 fully saturated rings. The van der Waals surface area contributed by atoms with E-state index in [1.165, 1.54) is 0 Å². The maximum Gasteiger partial charge on any atom is 0.273 e. The first-order chi connectivity index (χ1) is 13.3. The van der Waals surface area contributed by atoms with Crippen molar-refractivity contribution in [2.45, 2.75) is 13.0 Å². The zero-order valence-electron chi connectivity index (χ0n) is 14.7. The van der Waals surface area contributed by atoms with Crippen molar-refractivity contribution in [3.8, 4) is 11.3 Å². The molecule has 0 radical (unpaired) electrons. The lowest BCUT2D eigenvalue weighted by molar-refractivity contribution is 0.0731. The number of benzene rings is 2. The number of hydrogen-bond donors (Lipinski definition) is 1. The molecular weight excluding hydrogens is 336 g/mol. The van der Waals surface area contributed by atoms with Crippen LogP contribution in [0.25, 0.3) is 22.0 Å². The van der Waals surface area contributed by atoms with E-state index < -0.39 is 0 Å². The number of amides is 1. The summed E-state index contributed by atoms with van der Waals surface area (Å²) in [5.74, 6) is -0.0299. The minimum absolute atomic E-state index is 0.0299. The highest BCUT2D eigenvalue weighted by Gasteiger charge is 2.27. The number of pyridine rings is 1. The van der Waals surface area contributed by atoms with Gasteiger partial charge in [-0.15, -0.1) is 0 Å². The second kappa shape index (κ2) is 6.36. The van der Waals surface area contributed by atoms with Crippen molar-refractivity contribution in [1.29, 1.82) is 0 Å². The van der Waals surface area contributed by atoms with E-state index in [0.717, 1.165) is 39.7 Å². The Morgan fingerprint density at radius 3 is 2.70 bits per heavy atom. The van der Waals surface area contributed by atoms with Crippen LogP contribution < -0.4 is 0 Å². The van der Waals surface area contributed by atoms with Crippen molar-refractivity contribution in [2.75, 3.05) is 6.54 Å². The van der Waals surface area contributed by atoms with Crippen molar-refractivity contribution in [3.05, 3.63) is 83.8 Å². The third kappa shape index (κ3) is 2.68. The quantitative estimate of drug-likeness (QED) is 0.595. The number of hydrogen-bond acceptors (Lipinski definition) is 3. The molecule has 0 aliphatic carbocycles. The summed E-state index contributed by atoms with van der Waals surface area (Å²) >= 11 is 0. The molecule has 5 heteroatoms. The van der Waals surface area contributed by atoms with Gasteiger partial charge in [-0.2, -0.15) is 5.10 Å². The summed E-state index contributed by atoms with van der Waals surface area (Å²) in [5, 5.41) is 9.58. The number of aromatic nitrogens is 3. The van der Waals surface area contributed by atoms with Gasteiger partial charge in [0.2, 0.25) is 0 Å². The summed E-state index contributed by atoms with van der Waals surface area (Å²) in [6.07, 6.45) is 2.48. The number of fused-ring (bicyclic) bond motifs is 2. The Hall–Kier alpha value is -3.47. The van der Waals surface area contributed by atoms with Gasteiger partial charge in [0.05, 0.1) is 12.2 Å². The molecule has 1 aliphatic heterocycles. The molecule has 0 saturated carbocycles. The predicted molar refractivity (Wildman–Crippen MR) is 104 cm³/mol. The fourth-order valence-electron chi connectivity index (χ4n) is 3.74.